The minimum atomic E-state index is -0.786. The van der Waals surface area contributed by atoms with Crippen molar-refractivity contribution in [3.8, 4) is 0 Å². The van der Waals surface area contributed by atoms with Gasteiger partial charge in [-0.2, -0.15) is 0 Å². The number of nitrogens with zero attached hydrogens (tertiary/aromatic N) is 1. The molecule has 174 valence electrons. The number of carbonyl (C=O) groups is 1. The Kier molecular flexibility index (Phi) is 9.89. The molecule has 0 aromatic heterocycles. The van der Waals surface area contributed by atoms with Crippen molar-refractivity contribution in [1.82, 2.24) is 4.90 Å². The van der Waals surface area contributed by atoms with Gasteiger partial charge in [0.15, 0.2) is 0 Å². The Labute approximate surface area is 193 Å². The molecule has 0 spiro atoms. The average Bonchev–Trinajstić information content (AvgIpc) is 2.77. The first-order valence-electron chi connectivity index (χ1n) is 12.2. The van der Waals surface area contributed by atoms with Crippen molar-refractivity contribution in [3.05, 3.63) is 60.2 Å². The minimum Gasteiger partial charge on any atom is -0.481 e. The standard InChI is InChI=1S/C19H31N3.C8H8O2/c20-18-10-6-7-11-19(18)21-16-12-14-22(15-13-16)17-8-4-2-1-3-5-9-17;9-8(10)6-7-4-2-1-3-5-7/h6-7,10-11,16-17,21H,1-5,8-9,12-15,20H2;1-5H,6H2,(H,9,10). The van der Waals surface area contributed by atoms with E-state index in [-0.39, 0.29) is 6.42 Å². The first kappa shape index (κ1) is 24.1. The van der Waals surface area contributed by atoms with E-state index in [4.69, 9.17) is 10.8 Å². The number of hydrogen-bond donors (Lipinski definition) is 3. The van der Waals surface area contributed by atoms with Crippen LogP contribution in [0.25, 0.3) is 0 Å². The van der Waals surface area contributed by atoms with E-state index in [2.05, 4.69) is 22.3 Å². The molecule has 1 aliphatic heterocycles. The quantitative estimate of drug-likeness (QED) is 0.533. The Morgan fingerprint density at radius 1 is 0.875 bits per heavy atom. The first-order valence-corrected chi connectivity index (χ1v) is 12.2. The largest absolute Gasteiger partial charge is 0.481 e. The lowest BCUT2D eigenvalue weighted by atomic mass is 9.93. The fraction of sp³-hybridized carbons (Fsp3) is 0.519. The van der Waals surface area contributed by atoms with Crippen LogP contribution in [-0.4, -0.2) is 41.1 Å². The third kappa shape index (κ3) is 8.19. The lowest BCUT2D eigenvalue weighted by Gasteiger charge is -2.39. The molecule has 2 fully saturated rings. The van der Waals surface area contributed by atoms with Crippen molar-refractivity contribution in [2.75, 3.05) is 24.1 Å². The molecular weight excluding hydrogens is 398 g/mol. The van der Waals surface area contributed by atoms with E-state index < -0.39 is 5.97 Å². The molecule has 2 aromatic carbocycles. The highest BCUT2D eigenvalue weighted by Crippen LogP contribution is 2.26. The monoisotopic (exact) mass is 437 g/mol. The molecule has 4 N–H and O–H groups in total. The van der Waals surface area contributed by atoms with Crippen molar-refractivity contribution in [3.63, 3.8) is 0 Å². The molecule has 0 unspecified atom stereocenters. The number of carboxylic acid groups (broad SMARTS) is 1. The third-order valence-electron chi connectivity index (χ3n) is 6.64. The van der Waals surface area contributed by atoms with E-state index in [1.807, 2.05) is 30.3 Å². The van der Waals surface area contributed by atoms with Gasteiger partial charge in [-0.15, -0.1) is 0 Å². The molecule has 4 rings (SSSR count). The van der Waals surface area contributed by atoms with Crippen LogP contribution >= 0.6 is 0 Å². The van der Waals surface area contributed by atoms with Crippen molar-refractivity contribution in [2.45, 2.75) is 76.3 Å². The number of aliphatic carboxylic acids is 1. The van der Waals surface area contributed by atoms with E-state index in [1.54, 1.807) is 12.1 Å². The molecule has 5 heteroatoms. The summed E-state index contributed by atoms with van der Waals surface area (Å²) in [6, 6.07) is 18.7. The molecule has 1 saturated carbocycles. The number of nitrogens with one attached hydrogen (secondary N) is 1. The van der Waals surface area contributed by atoms with Crippen molar-refractivity contribution in [2.24, 2.45) is 0 Å². The number of anilines is 2. The Morgan fingerprint density at radius 2 is 1.47 bits per heavy atom. The van der Waals surface area contributed by atoms with E-state index in [0.717, 1.165) is 23.0 Å². The molecule has 0 radical (unpaired) electrons. The zero-order chi connectivity index (χ0) is 22.6. The summed E-state index contributed by atoms with van der Waals surface area (Å²) >= 11 is 0. The summed E-state index contributed by atoms with van der Waals surface area (Å²) in [5, 5.41) is 12.0. The van der Waals surface area contributed by atoms with Crippen molar-refractivity contribution < 1.29 is 9.90 Å². The van der Waals surface area contributed by atoms with Gasteiger partial charge in [-0.1, -0.05) is 74.6 Å². The van der Waals surface area contributed by atoms with Gasteiger partial charge in [-0.3, -0.25) is 4.79 Å². The number of piperidine rings is 1. The number of hydrogen-bond acceptors (Lipinski definition) is 4. The summed E-state index contributed by atoms with van der Waals surface area (Å²) < 4.78 is 0. The highest BCUT2D eigenvalue weighted by Gasteiger charge is 2.25. The van der Waals surface area contributed by atoms with Gasteiger partial charge in [0, 0.05) is 25.2 Å². The number of benzene rings is 2. The van der Waals surface area contributed by atoms with E-state index in [0.29, 0.717) is 6.04 Å². The summed E-state index contributed by atoms with van der Waals surface area (Å²) in [5.74, 6) is -0.786. The van der Waals surface area contributed by atoms with Crippen LogP contribution in [0.5, 0.6) is 0 Å². The number of nitrogens with two attached hydrogens (primary N) is 1. The van der Waals surface area contributed by atoms with Gasteiger partial charge < -0.3 is 21.1 Å². The predicted molar refractivity (Wildman–Crippen MR) is 133 cm³/mol. The second kappa shape index (κ2) is 13.1. The van der Waals surface area contributed by atoms with Crippen LogP contribution < -0.4 is 11.1 Å². The molecule has 2 aromatic rings. The minimum absolute atomic E-state index is 0.112. The Balaban J connectivity index is 0.000000243. The summed E-state index contributed by atoms with van der Waals surface area (Å²) in [6.07, 6.45) is 12.7. The molecule has 2 aliphatic rings. The second-order valence-corrected chi connectivity index (χ2v) is 9.10. The number of carboxylic acids is 1. The van der Waals surface area contributed by atoms with E-state index in [1.165, 1.54) is 70.9 Å². The Bertz CT molecular complexity index is 796. The molecule has 5 nitrogen and oxygen atoms in total. The average molecular weight is 438 g/mol. The van der Waals surface area contributed by atoms with Gasteiger partial charge >= 0.3 is 5.97 Å². The van der Waals surface area contributed by atoms with Gasteiger partial charge in [0.05, 0.1) is 17.8 Å². The number of likely N-dealkylation sites (tertiary alicyclic amines) is 1. The van der Waals surface area contributed by atoms with Gasteiger partial charge in [0.25, 0.3) is 0 Å². The Morgan fingerprint density at radius 3 is 2.09 bits per heavy atom. The lowest BCUT2D eigenvalue weighted by molar-refractivity contribution is -0.136. The van der Waals surface area contributed by atoms with Crippen LogP contribution in [0.15, 0.2) is 54.6 Å². The van der Waals surface area contributed by atoms with Crippen molar-refractivity contribution >= 4 is 17.3 Å². The van der Waals surface area contributed by atoms with Crippen LogP contribution in [0.2, 0.25) is 0 Å². The second-order valence-electron chi connectivity index (χ2n) is 9.10. The molecule has 1 heterocycles. The van der Waals surface area contributed by atoms with E-state index in [9.17, 15) is 4.79 Å². The summed E-state index contributed by atoms with van der Waals surface area (Å²) in [6.45, 7) is 2.49. The van der Waals surface area contributed by atoms with Crippen molar-refractivity contribution in [1.29, 1.82) is 0 Å². The molecule has 1 aliphatic carbocycles. The molecule has 0 atom stereocenters. The predicted octanol–water partition coefficient (Wildman–Crippen LogP) is 5.57. The topological polar surface area (TPSA) is 78.6 Å². The number of nitrogen functional groups attached to an aromatic ring is 1. The van der Waals surface area contributed by atoms with Crippen LogP contribution in [-0.2, 0) is 11.2 Å². The molecular formula is C27H39N3O2. The fourth-order valence-electron chi connectivity index (χ4n) is 4.83. The molecule has 32 heavy (non-hydrogen) atoms. The Hall–Kier alpha value is -2.53. The maximum Gasteiger partial charge on any atom is 0.307 e. The fourth-order valence-corrected chi connectivity index (χ4v) is 4.83. The molecule has 0 amide bonds. The van der Waals surface area contributed by atoms with Crippen LogP contribution in [0.1, 0.15) is 63.4 Å². The van der Waals surface area contributed by atoms with Crippen LogP contribution in [0, 0.1) is 0 Å². The summed E-state index contributed by atoms with van der Waals surface area (Å²) in [4.78, 5) is 12.9. The van der Waals surface area contributed by atoms with E-state index >= 15 is 0 Å². The highest BCUT2D eigenvalue weighted by atomic mass is 16.4. The van der Waals surface area contributed by atoms with Crippen LogP contribution in [0.3, 0.4) is 0 Å². The third-order valence-corrected chi connectivity index (χ3v) is 6.64. The summed E-state index contributed by atoms with van der Waals surface area (Å²) in [5.41, 5.74) is 8.85. The smallest absolute Gasteiger partial charge is 0.307 e. The number of para-hydroxylation sites is 2. The zero-order valence-electron chi connectivity index (χ0n) is 19.2. The van der Waals surface area contributed by atoms with Gasteiger partial charge in [0.2, 0.25) is 0 Å². The van der Waals surface area contributed by atoms with Gasteiger partial charge in [0.1, 0.15) is 0 Å². The molecule has 1 saturated heterocycles. The normalized spacial score (nSPS) is 18.6. The first-order chi connectivity index (χ1) is 15.6. The number of rotatable bonds is 5. The molecule has 0 bridgehead atoms. The maximum atomic E-state index is 10.2. The highest BCUT2D eigenvalue weighted by molar-refractivity contribution is 5.70. The maximum absolute atomic E-state index is 10.2. The lowest BCUT2D eigenvalue weighted by Crippen LogP contribution is -2.44. The van der Waals surface area contributed by atoms with Crippen LogP contribution in [0.4, 0.5) is 11.4 Å². The SMILES string of the molecule is Nc1ccccc1NC1CCN(C2CCCCCCC2)CC1.O=C(O)Cc1ccccc1. The summed E-state index contributed by atoms with van der Waals surface area (Å²) in [7, 11) is 0. The van der Waals surface area contributed by atoms with Gasteiger partial charge in [-0.05, 0) is 43.4 Å². The zero-order valence-corrected chi connectivity index (χ0v) is 19.2. The van der Waals surface area contributed by atoms with Gasteiger partial charge in [-0.25, -0.2) is 0 Å².